The summed E-state index contributed by atoms with van der Waals surface area (Å²) in [6, 6.07) is 0. The highest BCUT2D eigenvalue weighted by Crippen LogP contribution is 2.00. The van der Waals surface area contributed by atoms with Gasteiger partial charge in [-0.1, -0.05) is 12.2 Å². The zero-order valence-corrected chi connectivity index (χ0v) is 6.46. The number of ether oxygens (including phenoxy) is 1. The topological polar surface area (TPSA) is 38.3 Å². The number of rotatable bonds is 2. The van der Waals surface area contributed by atoms with E-state index in [1.165, 1.54) is 6.92 Å². The fourth-order valence-corrected chi connectivity index (χ4v) is 0.783. The van der Waals surface area contributed by atoms with E-state index in [0.717, 1.165) is 12.1 Å². The molecule has 0 aromatic heterocycles. The third kappa shape index (κ3) is 2.89. The molecule has 1 rings (SSSR count). The predicted octanol–water partition coefficient (Wildman–Crippen LogP) is 0.940. The van der Waals surface area contributed by atoms with Crippen molar-refractivity contribution in [2.75, 3.05) is 6.61 Å². The van der Waals surface area contributed by atoms with Crippen LogP contribution in [-0.2, 0) is 9.53 Å². The molecule has 3 nitrogen and oxygen atoms in total. The van der Waals surface area contributed by atoms with Crippen molar-refractivity contribution in [2.45, 2.75) is 13.3 Å². The van der Waals surface area contributed by atoms with Gasteiger partial charge in [-0.15, -0.1) is 0 Å². The Kier molecular flexibility index (Phi) is 2.72. The smallest absolute Gasteiger partial charge is 0.303 e. The summed E-state index contributed by atoms with van der Waals surface area (Å²) in [5.74, 6) is -0.248. The van der Waals surface area contributed by atoms with Crippen LogP contribution in [0.25, 0.3) is 0 Å². The molecular weight excluding hydrogens is 142 g/mol. The average molecular weight is 153 g/mol. The molecule has 1 aliphatic rings. The Morgan fingerprint density at radius 1 is 1.82 bits per heavy atom. The lowest BCUT2D eigenvalue weighted by molar-refractivity contribution is -0.140. The highest BCUT2D eigenvalue weighted by Gasteiger charge is 1.99. The molecule has 0 aromatic carbocycles. The van der Waals surface area contributed by atoms with Gasteiger partial charge in [-0.3, -0.25) is 4.79 Å². The van der Waals surface area contributed by atoms with Crippen molar-refractivity contribution in [3.8, 4) is 0 Å². The molecule has 0 fully saturated rings. The summed E-state index contributed by atoms with van der Waals surface area (Å²) >= 11 is 0. The zero-order chi connectivity index (χ0) is 8.10. The number of carbonyl (C=O) groups excluding carboxylic acids is 1. The van der Waals surface area contributed by atoms with Gasteiger partial charge in [0, 0.05) is 12.6 Å². The highest BCUT2D eigenvalue weighted by atomic mass is 16.5. The Morgan fingerprint density at radius 3 is 3.18 bits per heavy atom. The fourth-order valence-electron chi connectivity index (χ4n) is 0.783. The van der Waals surface area contributed by atoms with Crippen LogP contribution in [0.5, 0.6) is 0 Å². The van der Waals surface area contributed by atoms with Gasteiger partial charge in [-0.05, 0) is 12.6 Å². The van der Waals surface area contributed by atoms with Crippen molar-refractivity contribution in [1.29, 1.82) is 0 Å². The van der Waals surface area contributed by atoms with Gasteiger partial charge in [-0.25, -0.2) is 0 Å². The molecule has 0 saturated heterocycles. The van der Waals surface area contributed by atoms with Crippen LogP contribution in [0.1, 0.15) is 13.3 Å². The van der Waals surface area contributed by atoms with Crippen molar-refractivity contribution in [3.05, 3.63) is 24.0 Å². The summed E-state index contributed by atoms with van der Waals surface area (Å²) in [6.45, 7) is 1.75. The van der Waals surface area contributed by atoms with Crippen LogP contribution in [0.3, 0.4) is 0 Å². The van der Waals surface area contributed by atoms with Crippen LogP contribution in [0.15, 0.2) is 24.0 Å². The quantitative estimate of drug-likeness (QED) is 0.600. The molecule has 0 radical (unpaired) electrons. The standard InChI is InChI=1S/C8H11NO2/c1-7(10)11-6-8-4-2-3-5-9-8/h3-5,9H,2,6H2,1H3. The number of carbonyl (C=O) groups is 1. The van der Waals surface area contributed by atoms with Gasteiger partial charge in [0.15, 0.2) is 0 Å². The van der Waals surface area contributed by atoms with Gasteiger partial charge in [-0.2, -0.15) is 0 Å². The lowest BCUT2D eigenvalue weighted by atomic mass is 10.3. The number of hydrogen-bond acceptors (Lipinski definition) is 3. The van der Waals surface area contributed by atoms with Gasteiger partial charge in [0.25, 0.3) is 0 Å². The molecule has 0 aromatic rings. The van der Waals surface area contributed by atoms with Gasteiger partial charge in [0.05, 0.1) is 0 Å². The van der Waals surface area contributed by atoms with Gasteiger partial charge >= 0.3 is 5.97 Å². The first kappa shape index (κ1) is 7.85. The van der Waals surface area contributed by atoms with Crippen LogP contribution in [0.4, 0.5) is 0 Å². The number of nitrogens with one attached hydrogen (secondary N) is 1. The summed E-state index contributed by atoms with van der Waals surface area (Å²) in [5.41, 5.74) is 0.947. The Hall–Kier alpha value is -1.25. The summed E-state index contributed by atoms with van der Waals surface area (Å²) < 4.78 is 4.78. The van der Waals surface area contributed by atoms with E-state index >= 15 is 0 Å². The van der Waals surface area contributed by atoms with Crippen molar-refractivity contribution in [1.82, 2.24) is 5.32 Å². The first-order valence-corrected chi connectivity index (χ1v) is 3.53. The summed E-state index contributed by atoms with van der Waals surface area (Å²) in [4.78, 5) is 10.4. The van der Waals surface area contributed by atoms with E-state index in [-0.39, 0.29) is 5.97 Å². The third-order valence-corrected chi connectivity index (χ3v) is 1.32. The van der Waals surface area contributed by atoms with Crippen LogP contribution in [0.2, 0.25) is 0 Å². The summed E-state index contributed by atoms with van der Waals surface area (Å²) in [6.07, 6.45) is 6.74. The van der Waals surface area contributed by atoms with Crippen LogP contribution >= 0.6 is 0 Å². The second kappa shape index (κ2) is 3.81. The minimum absolute atomic E-state index is 0.248. The molecule has 0 spiro atoms. The molecule has 11 heavy (non-hydrogen) atoms. The van der Waals surface area contributed by atoms with Crippen LogP contribution in [-0.4, -0.2) is 12.6 Å². The van der Waals surface area contributed by atoms with Gasteiger partial charge < -0.3 is 10.1 Å². The monoisotopic (exact) mass is 153 g/mol. The van der Waals surface area contributed by atoms with E-state index in [9.17, 15) is 4.79 Å². The van der Waals surface area contributed by atoms with E-state index in [0.29, 0.717) is 6.61 Å². The lowest BCUT2D eigenvalue weighted by Crippen LogP contribution is -2.15. The molecule has 0 saturated carbocycles. The summed E-state index contributed by atoms with van der Waals surface area (Å²) in [7, 11) is 0. The lowest BCUT2D eigenvalue weighted by Gasteiger charge is -2.09. The van der Waals surface area contributed by atoms with E-state index in [1.54, 1.807) is 0 Å². The SMILES string of the molecule is CC(=O)OCC1=CCC=CN1. The number of esters is 1. The van der Waals surface area contributed by atoms with E-state index in [4.69, 9.17) is 4.74 Å². The average Bonchev–Trinajstić information content (AvgIpc) is 2.03. The molecule has 1 heterocycles. The predicted molar refractivity (Wildman–Crippen MR) is 41.6 cm³/mol. The number of dihydropyridines is 1. The maximum absolute atomic E-state index is 10.4. The number of hydrogen-bond donors (Lipinski definition) is 1. The second-order valence-corrected chi connectivity index (χ2v) is 2.29. The maximum atomic E-state index is 10.4. The second-order valence-electron chi connectivity index (χ2n) is 2.29. The van der Waals surface area contributed by atoms with E-state index in [1.807, 2.05) is 18.4 Å². The first-order valence-electron chi connectivity index (χ1n) is 3.53. The van der Waals surface area contributed by atoms with E-state index in [2.05, 4.69) is 5.32 Å². The van der Waals surface area contributed by atoms with Gasteiger partial charge in [0.2, 0.25) is 0 Å². The molecule has 60 valence electrons. The Balaban J connectivity index is 2.26. The Labute approximate surface area is 65.7 Å². The Bertz CT molecular complexity index is 206. The fraction of sp³-hybridized carbons (Fsp3) is 0.375. The van der Waals surface area contributed by atoms with Crippen molar-refractivity contribution in [3.63, 3.8) is 0 Å². The van der Waals surface area contributed by atoms with Gasteiger partial charge in [0.1, 0.15) is 6.61 Å². The van der Waals surface area contributed by atoms with Crippen molar-refractivity contribution < 1.29 is 9.53 Å². The molecule has 0 unspecified atom stereocenters. The van der Waals surface area contributed by atoms with Crippen LogP contribution in [0, 0.1) is 0 Å². The molecule has 3 heteroatoms. The van der Waals surface area contributed by atoms with Crippen LogP contribution < -0.4 is 5.32 Å². The molecular formula is C8H11NO2. The molecule has 1 aliphatic heterocycles. The maximum Gasteiger partial charge on any atom is 0.303 e. The molecule has 0 atom stereocenters. The van der Waals surface area contributed by atoms with E-state index < -0.39 is 0 Å². The Morgan fingerprint density at radius 2 is 2.64 bits per heavy atom. The minimum atomic E-state index is -0.248. The molecule has 1 N–H and O–H groups in total. The number of allylic oxidation sites excluding steroid dienone is 2. The molecule has 0 bridgehead atoms. The highest BCUT2D eigenvalue weighted by molar-refractivity contribution is 5.66. The largest absolute Gasteiger partial charge is 0.459 e. The summed E-state index contributed by atoms with van der Waals surface area (Å²) in [5, 5.41) is 2.98. The van der Waals surface area contributed by atoms with Crippen molar-refractivity contribution in [2.24, 2.45) is 0 Å². The minimum Gasteiger partial charge on any atom is -0.459 e. The first-order chi connectivity index (χ1) is 5.29. The zero-order valence-electron chi connectivity index (χ0n) is 6.46. The third-order valence-electron chi connectivity index (χ3n) is 1.32. The molecule has 0 amide bonds. The molecule has 0 aliphatic carbocycles. The van der Waals surface area contributed by atoms with Crippen molar-refractivity contribution >= 4 is 5.97 Å². The normalized spacial score (nSPS) is 15.2.